The van der Waals surface area contributed by atoms with Crippen LogP contribution in [0.15, 0.2) is 29.4 Å². The van der Waals surface area contributed by atoms with Crippen LogP contribution >= 0.6 is 0 Å². The van der Waals surface area contributed by atoms with Crippen LogP contribution < -0.4 is 0 Å². The summed E-state index contributed by atoms with van der Waals surface area (Å²) in [6, 6.07) is 0. The fraction of sp³-hybridized carbons (Fsp3) is 0. The molecule has 5 heteroatoms. The lowest BCUT2D eigenvalue weighted by Crippen LogP contribution is -1.84. The van der Waals surface area contributed by atoms with Gasteiger partial charge in [-0.3, -0.25) is 4.40 Å². The molecule has 0 spiro atoms. The van der Waals surface area contributed by atoms with E-state index in [-0.39, 0.29) is 0 Å². The van der Waals surface area contributed by atoms with Gasteiger partial charge in [0.1, 0.15) is 11.7 Å². The van der Waals surface area contributed by atoms with E-state index in [1.165, 1.54) is 0 Å². The van der Waals surface area contributed by atoms with Gasteiger partial charge in [-0.2, -0.15) is 0 Å². The maximum absolute atomic E-state index is 4.88. The molecule has 0 bridgehead atoms. The Kier molecular flexibility index (Phi) is 0.864. The Morgan fingerprint density at radius 1 is 1.33 bits per heavy atom. The van der Waals surface area contributed by atoms with Gasteiger partial charge < -0.3 is 4.52 Å². The highest BCUT2D eigenvalue weighted by Crippen LogP contribution is 2.14. The van der Waals surface area contributed by atoms with E-state index in [0.717, 1.165) is 11.0 Å². The Balaban J connectivity index is 2.71. The van der Waals surface area contributed by atoms with Crippen LogP contribution in [0.2, 0.25) is 0 Å². The Bertz CT molecular complexity index is 489. The van der Waals surface area contributed by atoms with Crippen molar-refractivity contribution in [2.75, 3.05) is 0 Å². The van der Waals surface area contributed by atoms with Crippen LogP contribution in [0.3, 0.4) is 0 Å². The molecule has 3 aromatic heterocycles. The number of nitrogens with zero attached hydrogens (tertiary/aromatic N) is 4. The third kappa shape index (κ3) is 0.554. The summed E-state index contributed by atoms with van der Waals surface area (Å²) in [6.07, 6.45) is 6.80. The van der Waals surface area contributed by atoms with Crippen LogP contribution in [-0.4, -0.2) is 19.5 Å². The van der Waals surface area contributed by atoms with Gasteiger partial charge in [-0.15, -0.1) is 0 Å². The molecule has 0 aromatic carbocycles. The van der Waals surface area contributed by atoms with Gasteiger partial charge in [0.2, 0.25) is 0 Å². The summed E-state index contributed by atoms with van der Waals surface area (Å²) in [5, 5.41) is 4.48. The highest BCUT2D eigenvalue weighted by atomic mass is 16.5. The Hall–Kier alpha value is -1.91. The topological polar surface area (TPSA) is 56.2 Å². The summed E-state index contributed by atoms with van der Waals surface area (Å²) in [5.74, 6) is 0. The van der Waals surface area contributed by atoms with Gasteiger partial charge in [-0.05, 0) is 0 Å². The largest absolute Gasteiger partial charge is 0.336 e. The third-order valence-electron chi connectivity index (χ3n) is 1.76. The normalized spacial score (nSPS) is 11.3. The van der Waals surface area contributed by atoms with Crippen molar-refractivity contribution in [3.05, 3.63) is 24.9 Å². The molecule has 3 rings (SSSR count). The van der Waals surface area contributed by atoms with Crippen molar-refractivity contribution in [3.63, 3.8) is 0 Å². The molecule has 0 aliphatic carbocycles. The number of fused-ring (bicyclic) bond motifs is 3. The van der Waals surface area contributed by atoms with Crippen LogP contribution in [0.5, 0.6) is 0 Å². The average Bonchev–Trinajstić information content (AvgIpc) is 2.71. The number of rotatable bonds is 0. The average molecular weight is 160 g/mol. The maximum Gasteiger partial charge on any atom is 0.262 e. The van der Waals surface area contributed by atoms with E-state index in [9.17, 15) is 0 Å². The fourth-order valence-electron chi connectivity index (χ4n) is 1.21. The molecule has 0 aliphatic rings. The van der Waals surface area contributed by atoms with Gasteiger partial charge in [0.15, 0.2) is 5.65 Å². The second kappa shape index (κ2) is 1.82. The Morgan fingerprint density at radius 2 is 2.33 bits per heavy atom. The molecular formula is C7H4N4O. The van der Waals surface area contributed by atoms with Crippen molar-refractivity contribution in [1.29, 1.82) is 0 Å². The lowest BCUT2D eigenvalue weighted by atomic mass is 10.4. The minimum atomic E-state index is 0.522. The van der Waals surface area contributed by atoms with Crippen molar-refractivity contribution in [1.82, 2.24) is 19.5 Å². The second-order valence-corrected chi connectivity index (χ2v) is 2.45. The van der Waals surface area contributed by atoms with Gasteiger partial charge in [0.05, 0.1) is 6.20 Å². The molecule has 0 unspecified atom stereocenters. The second-order valence-electron chi connectivity index (χ2n) is 2.45. The molecule has 0 atom stereocenters. The number of hydrogen-bond donors (Lipinski definition) is 0. The van der Waals surface area contributed by atoms with Crippen LogP contribution in [0, 0.1) is 0 Å². The summed E-state index contributed by atoms with van der Waals surface area (Å²) in [5.41, 5.74) is 1.34. The summed E-state index contributed by atoms with van der Waals surface area (Å²) in [4.78, 5) is 8.18. The van der Waals surface area contributed by atoms with E-state index in [1.807, 2.05) is 10.6 Å². The molecule has 3 aromatic rings. The first-order valence-electron chi connectivity index (χ1n) is 3.47. The first-order chi connectivity index (χ1) is 5.95. The Morgan fingerprint density at radius 3 is 3.33 bits per heavy atom. The minimum absolute atomic E-state index is 0.522. The zero-order valence-electron chi connectivity index (χ0n) is 6.01. The van der Waals surface area contributed by atoms with E-state index in [4.69, 9.17) is 4.52 Å². The SMILES string of the molecule is c1cn2cnc3oncc3c2n1. The van der Waals surface area contributed by atoms with E-state index in [2.05, 4.69) is 15.1 Å². The predicted octanol–water partition coefficient (Wildman–Crippen LogP) is 0.870. The van der Waals surface area contributed by atoms with Crippen LogP contribution in [-0.2, 0) is 0 Å². The van der Waals surface area contributed by atoms with Crippen LogP contribution in [0.25, 0.3) is 16.7 Å². The van der Waals surface area contributed by atoms with E-state index in [0.29, 0.717) is 5.71 Å². The maximum atomic E-state index is 4.88. The first-order valence-corrected chi connectivity index (χ1v) is 3.47. The molecule has 0 aliphatic heterocycles. The third-order valence-corrected chi connectivity index (χ3v) is 1.76. The van der Waals surface area contributed by atoms with E-state index < -0.39 is 0 Å². The number of imidazole rings is 1. The molecule has 0 saturated carbocycles. The molecule has 0 saturated heterocycles. The van der Waals surface area contributed by atoms with Crippen molar-refractivity contribution in [2.45, 2.75) is 0 Å². The minimum Gasteiger partial charge on any atom is -0.336 e. The lowest BCUT2D eigenvalue weighted by Gasteiger charge is -1.89. The molecule has 12 heavy (non-hydrogen) atoms. The fourth-order valence-corrected chi connectivity index (χ4v) is 1.21. The highest BCUT2D eigenvalue weighted by molar-refractivity contribution is 5.86. The van der Waals surface area contributed by atoms with Gasteiger partial charge in [0, 0.05) is 12.4 Å². The molecule has 3 heterocycles. The smallest absolute Gasteiger partial charge is 0.262 e. The highest BCUT2D eigenvalue weighted by Gasteiger charge is 2.04. The summed E-state index contributed by atoms with van der Waals surface area (Å²) in [7, 11) is 0. The zero-order chi connectivity index (χ0) is 7.97. The first kappa shape index (κ1) is 5.70. The number of aromatic nitrogens is 4. The molecule has 0 radical (unpaired) electrons. The summed E-state index contributed by atoms with van der Waals surface area (Å²) >= 11 is 0. The van der Waals surface area contributed by atoms with Gasteiger partial charge in [0.25, 0.3) is 5.71 Å². The quantitative estimate of drug-likeness (QED) is 0.489. The van der Waals surface area contributed by atoms with Gasteiger partial charge >= 0.3 is 0 Å². The summed E-state index contributed by atoms with van der Waals surface area (Å²) in [6.45, 7) is 0. The molecule has 0 amide bonds. The lowest BCUT2D eigenvalue weighted by molar-refractivity contribution is 0.448. The van der Waals surface area contributed by atoms with Crippen molar-refractivity contribution in [2.24, 2.45) is 0 Å². The van der Waals surface area contributed by atoms with Gasteiger partial charge in [-0.25, -0.2) is 9.97 Å². The molecule has 58 valence electrons. The van der Waals surface area contributed by atoms with Crippen LogP contribution in [0.1, 0.15) is 0 Å². The van der Waals surface area contributed by atoms with Crippen molar-refractivity contribution >= 4 is 16.7 Å². The van der Waals surface area contributed by atoms with Gasteiger partial charge in [-0.1, -0.05) is 5.16 Å². The van der Waals surface area contributed by atoms with Crippen molar-refractivity contribution < 1.29 is 4.52 Å². The van der Waals surface area contributed by atoms with Crippen molar-refractivity contribution in [3.8, 4) is 0 Å². The monoisotopic (exact) mass is 160 g/mol. The molecule has 0 N–H and O–H groups in total. The molecule has 5 nitrogen and oxygen atoms in total. The van der Waals surface area contributed by atoms with E-state index in [1.54, 1.807) is 18.7 Å². The van der Waals surface area contributed by atoms with E-state index >= 15 is 0 Å². The summed E-state index contributed by atoms with van der Waals surface area (Å²) < 4.78 is 6.70. The molecule has 0 fully saturated rings. The van der Waals surface area contributed by atoms with Crippen LogP contribution in [0.4, 0.5) is 0 Å². The zero-order valence-corrected chi connectivity index (χ0v) is 6.01. The number of hydrogen-bond acceptors (Lipinski definition) is 4. The molecular weight excluding hydrogens is 156 g/mol. The standard InChI is InChI=1S/C7H4N4O/c1-2-11-4-9-7-5(3-10-12-7)6(11)8-1/h1-4H. The predicted molar refractivity (Wildman–Crippen MR) is 40.6 cm³/mol. The Labute approximate surface area is 66.6 Å².